The standard InChI is InChI=1S/C16H16F3N3O/c17-16(18,19)12-5-6-15(20-11-12)22-9-7-21(8-10-22)13-3-1-2-4-14(13)23/h1-6,11,23H,7-10H2. The van der Waals surface area contributed by atoms with E-state index in [-0.39, 0.29) is 5.75 Å². The molecule has 1 aliphatic heterocycles. The maximum Gasteiger partial charge on any atom is 0.417 e. The number of aromatic hydroxyl groups is 1. The zero-order valence-corrected chi connectivity index (χ0v) is 12.3. The summed E-state index contributed by atoms with van der Waals surface area (Å²) in [4.78, 5) is 7.91. The van der Waals surface area contributed by atoms with Gasteiger partial charge in [-0.3, -0.25) is 0 Å². The summed E-state index contributed by atoms with van der Waals surface area (Å²) in [5.41, 5.74) is 0.0293. The Kier molecular flexibility index (Phi) is 4.02. The quantitative estimate of drug-likeness (QED) is 0.922. The van der Waals surface area contributed by atoms with Gasteiger partial charge in [-0.05, 0) is 24.3 Å². The van der Waals surface area contributed by atoms with Crippen LogP contribution in [0.1, 0.15) is 5.56 Å². The van der Waals surface area contributed by atoms with Crippen molar-refractivity contribution in [3.05, 3.63) is 48.2 Å². The third-order valence-electron chi connectivity index (χ3n) is 3.90. The molecule has 122 valence electrons. The van der Waals surface area contributed by atoms with Gasteiger partial charge in [0, 0.05) is 32.4 Å². The number of rotatable bonds is 2. The Labute approximate surface area is 131 Å². The number of pyridine rings is 1. The Morgan fingerprint density at radius 1 is 0.913 bits per heavy atom. The van der Waals surface area contributed by atoms with E-state index in [2.05, 4.69) is 9.88 Å². The van der Waals surface area contributed by atoms with E-state index in [1.165, 1.54) is 6.07 Å². The van der Waals surface area contributed by atoms with Crippen LogP contribution in [0.15, 0.2) is 42.6 Å². The fourth-order valence-electron chi connectivity index (χ4n) is 2.65. The molecule has 0 radical (unpaired) electrons. The van der Waals surface area contributed by atoms with Gasteiger partial charge in [-0.2, -0.15) is 13.2 Å². The van der Waals surface area contributed by atoms with Gasteiger partial charge >= 0.3 is 6.18 Å². The molecule has 23 heavy (non-hydrogen) atoms. The Morgan fingerprint density at radius 2 is 1.57 bits per heavy atom. The number of hydrogen-bond acceptors (Lipinski definition) is 4. The van der Waals surface area contributed by atoms with Gasteiger partial charge in [-0.25, -0.2) is 4.98 Å². The number of phenols is 1. The predicted molar refractivity (Wildman–Crippen MR) is 81.8 cm³/mol. The molecule has 1 saturated heterocycles. The van der Waals surface area contributed by atoms with Crippen molar-refractivity contribution in [1.29, 1.82) is 0 Å². The molecule has 2 aromatic rings. The average Bonchev–Trinajstić information content (AvgIpc) is 2.55. The minimum absolute atomic E-state index is 0.230. The van der Waals surface area contributed by atoms with E-state index in [0.29, 0.717) is 32.0 Å². The van der Waals surface area contributed by atoms with E-state index < -0.39 is 11.7 Å². The van der Waals surface area contributed by atoms with Crippen LogP contribution < -0.4 is 9.80 Å². The molecule has 0 saturated carbocycles. The predicted octanol–water partition coefficient (Wildman–Crippen LogP) is 3.13. The third kappa shape index (κ3) is 3.33. The van der Waals surface area contributed by atoms with Gasteiger partial charge < -0.3 is 14.9 Å². The summed E-state index contributed by atoms with van der Waals surface area (Å²) in [5.74, 6) is 0.767. The van der Waals surface area contributed by atoms with E-state index in [9.17, 15) is 18.3 Å². The molecular weight excluding hydrogens is 307 g/mol. The molecule has 1 N–H and O–H groups in total. The molecule has 4 nitrogen and oxygen atoms in total. The molecule has 0 unspecified atom stereocenters. The van der Waals surface area contributed by atoms with Crippen LogP contribution in [0.2, 0.25) is 0 Å². The van der Waals surface area contributed by atoms with Crippen LogP contribution >= 0.6 is 0 Å². The van der Waals surface area contributed by atoms with E-state index in [1.54, 1.807) is 12.1 Å². The maximum atomic E-state index is 12.6. The van der Waals surface area contributed by atoms with Crippen LogP contribution in [0.3, 0.4) is 0 Å². The first kappa shape index (κ1) is 15.5. The summed E-state index contributed by atoms with van der Waals surface area (Å²) in [5, 5.41) is 9.88. The SMILES string of the molecule is Oc1ccccc1N1CCN(c2ccc(C(F)(F)F)cn2)CC1. The van der Waals surface area contributed by atoms with Crippen LogP contribution in [-0.2, 0) is 6.18 Å². The summed E-state index contributed by atoms with van der Waals surface area (Å²) in [6.07, 6.45) is -3.50. The highest BCUT2D eigenvalue weighted by molar-refractivity contribution is 5.58. The van der Waals surface area contributed by atoms with E-state index in [4.69, 9.17) is 0 Å². The Bertz CT molecular complexity index is 665. The molecule has 3 rings (SSSR count). The summed E-state index contributed by atoms with van der Waals surface area (Å²) < 4.78 is 37.7. The zero-order valence-electron chi connectivity index (χ0n) is 12.3. The topological polar surface area (TPSA) is 39.6 Å². The Morgan fingerprint density at radius 3 is 2.13 bits per heavy atom. The maximum absolute atomic E-state index is 12.6. The van der Waals surface area contributed by atoms with Gasteiger partial charge in [-0.15, -0.1) is 0 Å². The molecule has 1 aromatic heterocycles. The van der Waals surface area contributed by atoms with Crippen LogP contribution in [0, 0.1) is 0 Å². The minimum atomic E-state index is -4.37. The second kappa shape index (κ2) is 5.98. The summed E-state index contributed by atoms with van der Waals surface area (Å²) in [6, 6.07) is 9.57. The molecule has 0 aliphatic carbocycles. The number of benzene rings is 1. The highest BCUT2D eigenvalue weighted by Gasteiger charge is 2.31. The van der Waals surface area contributed by atoms with Crippen molar-refractivity contribution >= 4 is 11.5 Å². The van der Waals surface area contributed by atoms with Crippen LogP contribution in [-0.4, -0.2) is 36.3 Å². The second-order valence-electron chi connectivity index (χ2n) is 5.37. The number of hydrogen-bond donors (Lipinski definition) is 1. The van der Waals surface area contributed by atoms with Gasteiger partial charge in [0.15, 0.2) is 0 Å². The number of alkyl halides is 3. The molecule has 0 spiro atoms. The number of halogens is 3. The van der Waals surface area contributed by atoms with Gasteiger partial charge in [0.2, 0.25) is 0 Å². The largest absolute Gasteiger partial charge is 0.506 e. The van der Waals surface area contributed by atoms with Crippen molar-refractivity contribution in [2.75, 3.05) is 36.0 Å². The van der Waals surface area contributed by atoms with Gasteiger partial charge in [0.25, 0.3) is 0 Å². The lowest BCUT2D eigenvalue weighted by Gasteiger charge is -2.37. The van der Waals surface area contributed by atoms with E-state index >= 15 is 0 Å². The third-order valence-corrected chi connectivity index (χ3v) is 3.90. The number of piperazine rings is 1. The molecule has 1 aliphatic rings. The smallest absolute Gasteiger partial charge is 0.417 e. The van der Waals surface area contributed by atoms with Crippen LogP contribution in [0.25, 0.3) is 0 Å². The lowest BCUT2D eigenvalue weighted by molar-refractivity contribution is -0.137. The molecule has 0 amide bonds. The molecule has 7 heteroatoms. The molecule has 0 atom stereocenters. The van der Waals surface area contributed by atoms with E-state index in [1.807, 2.05) is 17.0 Å². The molecule has 0 bridgehead atoms. The zero-order chi connectivity index (χ0) is 16.4. The van der Waals surface area contributed by atoms with Crippen molar-refractivity contribution in [3.8, 4) is 5.75 Å². The minimum Gasteiger partial charge on any atom is -0.506 e. The van der Waals surface area contributed by atoms with Crippen LogP contribution in [0.4, 0.5) is 24.7 Å². The molecule has 2 heterocycles. The summed E-state index contributed by atoms with van der Waals surface area (Å²) in [6.45, 7) is 2.60. The van der Waals surface area contributed by atoms with Gasteiger partial charge in [0.05, 0.1) is 11.3 Å². The van der Waals surface area contributed by atoms with Crippen molar-refractivity contribution < 1.29 is 18.3 Å². The first-order valence-electron chi connectivity index (χ1n) is 7.26. The van der Waals surface area contributed by atoms with Gasteiger partial charge in [0.1, 0.15) is 11.6 Å². The van der Waals surface area contributed by atoms with E-state index in [0.717, 1.165) is 18.0 Å². The summed E-state index contributed by atoms with van der Waals surface area (Å²) in [7, 11) is 0. The fraction of sp³-hybridized carbons (Fsp3) is 0.312. The fourth-order valence-corrected chi connectivity index (χ4v) is 2.65. The van der Waals surface area contributed by atoms with Crippen molar-refractivity contribution in [3.63, 3.8) is 0 Å². The number of nitrogens with zero attached hydrogens (tertiary/aromatic N) is 3. The lowest BCUT2D eigenvalue weighted by Crippen LogP contribution is -2.46. The van der Waals surface area contributed by atoms with Crippen molar-refractivity contribution in [2.45, 2.75) is 6.18 Å². The highest BCUT2D eigenvalue weighted by Crippen LogP contribution is 2.30. The number of para-hydroxylation sites is 2. The second-order valence-corrected chi connectivity index (χ2v) is 5.37. The molecular formula is C16H16F3N3O. The Hall–Kier alpha value is -2.44. The van der Waals surface area contributed by atoms with Crippen LogP contribution in [0.5, 0.6) is 5.75 Å². The Balaban J connectivity index is 1.66. The monoisotopic (exact) mass is 323 g/mol. The highest BCUT2D eigenvalue weighted by atomic mass is 19.4. The average molecular weight is 323 g/mol. The number of phenolic OH excluding ortho intramolecular Hbond substituents is 1. The number of aromatic nitrogens is 1. The summed E-state index contributed by atoms with van der Waals surface area (Å²) >= 11 is 0. The number of anilines is 2. The molecule has 1 aromatic carbocycles. The normalized spacial score (nSPS) is 15.8. The first-order chi connectivity index (χ1) is 10.9. The first-order valence-corrected chi connectivity index (χ1v) is 7.26. The lowest BCUT2D eigenvalue weighted by atomic mass is 10.2. The van der Waals surface area contributed by atoms with Gasteiger partial charge in [-0.1, -0.05) is 12.1 Å². The van der Waals surface area contributed by atoms with Crippen molar-refractivity contribution in [1.82, 2.24) is 4.98 Å². The van der Waals surface area contributed by atoms with Crippen molar-refractivity contribution in [2.24, 2.45) is 0 Å². The molecule has 1 fully saturated rings.